The highest BCUT2D eigenvalue weighted by Gasteiger charge is 2.38. The zero-order valence-electron chi connectivity index (χ0n) is 20.4. The second-order valence-electron chi connectivity index (χ2n) is 9.56. The molecule has 1 fully saturated rings. The number of rotatable bonds is 5. The van der Waals surface area contributed by atoms with Crippen molar-refractivity contribution in [3.8, 4) is 33.9 Å². The molecule has 194 valence electrons. The molecule has 1 aliphatic heterocycles. The third-order valence-corrected chi connectivity index (χ3v) is 6.85. The van der Waals surface area contributed by atoms with Gasteiger partial charge in [-0.1, -0.05) is 0 Å². The van der Waals surface area contributed by atoms with Gasteiger partial charge < -0.3 is 4.98 Å². The molecule has 0 radical (unpaired) electrons. The molecule has 0 aliphatic carbocycles. The number of imidazole rings is 1. The van der Waals surface area contributed by atoms with Crippen molar-refractivity contribution in [2.45, 2.75) is 18.9 Å². The average molecular weight is 528 g/mol. The fraction of sp³-hybridized carbons (Fsp3) is 0.185. The van der Waals surface area contributed by atoms with E-state index in [9.17, 15) is 8.78 Å². The fourth-order valence-corrected chi connectivity index (χ4v) is 5.01. The third-order valence-electron chi connectivity index (χ3n) is 6.85. The highest BCUT2D eigenvalue weighted by molar-refractivity contribution is 5.96. The predicted molar refractivity (Wildman–Crippen MR) is 138 cm³/mol. The Morgan fingerprint density at radius 2 is 1.87 bits per heavy atom. The van der Waals surface area contributed by atoms with Crippen LogP contribution < -0.4 is 0 Å². The maximum atomic E-state index is 16.1. The van der Waals surface area contributed by atoms with E-state index in [1.165, 1.54) is 12.4 Å². The van der Waals surface area contributed by atoms with Crippen molar-refractivity contribution >= 4 is 22.1 Å². The van der Waals surface area contributed by atoms with Gasteiger partial charge in [-0.3, -0.25) is 25.0 Å². The molecule has 0 unspecified atom stereocenters. The van der Waals surface area contributed by atoms with Crippen LogP contribution in [0.5, 0.6) is 0 Å². The average Bonchev–Trinajstić information content (AvgIpc) is 3.65. The van der Waals surface area contributed by atoms with E-state index < -0.39 is 11.7 Å². The summed E-state index contributed by atoms with van der Waals surface area (Å²) in [6.07, 6.45) is 9.43. The molecule has 1 aliphatic rings. The van der Waals surface area contributed by atoms with Gasteiger partial charge in [0.1, 0.15) is 17.0 Å². The minimum Gasteiger partial charge on any atom is -0.336 e. The molecule has 0 amide bonds. The molecule has 0 saturated carbocycles. The first-order valence-corrected chi connectivity index (χ1v) is 12.3. The Hall–Kier alpha value is -4.71. The van der Waals surface area contributed by atoms with Crippen molar-refractivity contribution in [3.05, 3.63) is 72.8 Å². The molecule has 39 heavy (non-hydrogen) atoms. The highest BCUT2D eigenvalue weighted by Crippen LogP contribution is 2.34. The van der Waals surface area contributed by atoms with Gasteiger partial charge in [0.05, 0.1) is 23.1 Å². The van der Waals surface area contributed by atoms with E-state index in [1.54, 1.807) is 41.8 Å². The number of pyridine rings is 4. The number of hydrogen-bond donors (Lipinski definition) is 2. The number of halogens is 3. The van der Waals surface area contributed by atoms with Crippen molar-refractivity contribution in [2.24, 2.45) is 0 Å². The van der Waals surface area contributed by atoms with Gasteiger partial charge in [0.25, 0.3) is 5.92 Å². The zero-order chi connectivity index (χ0) is 26.6. The second kappa shape index (κ2) is 8.95. The lowest BCUT2D eigenvalue weighted by Crippen LogP contribution is -2.24. The Balaban J connectivity index is 1.28. The Morgan fingerprint density at radius 1 is 0.974 bits per heavy atom. The first-order valence-electron chi connectivity index (χ1n) is 12.3. The van der Waals surface area contributed by atoms with Crippen LogP contribution in [0.3, 0.4) is 0 Å². The maximum absolute atomic E-state index is 16.1. The molecular formula is C27H20F3N9. The normalized spacial score (nSPS) is 15.5. The van der Waals surface area contributed by atoms with Crippen LogP contribution in [0.15, 0.2) is 61.4 Å². The fourth-order valence-electron chi connectivity index (χ4n) is 5.01. The molecule has 12 heteroatoms. The van der Waals surface area contributed by atoms with Crippen molar-refractivity contribution in [1.29, 1.82) is 0 Å². The number of likely N-dealkylation sites (tertiary alicyclic amines) is 1. The minimum absolute atomic E-state index is 0.166. The van der Waals surface area contributed by atoms with Gasteiger partial charge in [0, 0.05) is 73.4 Å². The van der Waals surface area contributed by atoms with Gasteiger partial charge in [-0.25, -0.2) is 23.1 Å². The second-order valence-corrected chi connectivity index (χ2v) is 9.56. The van der Waals surface area contributed by atoms with Crippen LogP contribution in [0.25, 0.3) is 56.0 Å². The Kier molecular flexibility index (Phi) is 5.37. The van der Waals surface area contributed by atoms with E-state index in [0.717, 1.165) is 5.56 Å². The summed E-state index contributed by atoms with van der Waals surface area (Å²) in [6, 6.07) is 7.24. The number of nitrogens with one attached hydrogen (secondary N) is 2. The number of alkyl halides is 2. The van der Waals surface area contributed by atoms with Crippen LogP contribution in [-0.4, -0.2) is 64.0 Å². The smallest absolute Gasteiger partial charge is 0.261 e. The standard InChI is InChI=1S/C27H20F3N9/c28-21-18(17-8-15(9-32-11-17)13-39-7-4-27(29,30)14-39)12-34-25-20(21)24(37-38-25)26-35-19-3-6-33-22(23(19)36-26)16-2-1-5-31-10-16/h1-3,5-6,8-12H,4,7,13-14H2,(H,35,36)(H,34,37,38). The minimum atomic E-state index is -2.69. The Bertz CT molecular complexity index is 1830. The highest BCUT2D eigenvalue weighted by atomic mass is 19.3. The van der Waals surface area contributed by atoms with Gasteiger partial charge in [0.15, 0.2) is 11.5 Å². The monoisotopic (exact) mass is 527 g/mol. The first kappa shape index (κ1) is 23.4. The Morgan fingerprint density at radius 3 is 2.69 bits per heavy atom. The number of fused-ring (bicyclic) bond motifs is 2. The topological polar surface area (TPSA) is 112 Å². The van der Waals surface area contributed by atoms with Crippen LogP contribution in [-0.2, 0) is 6.54 Å². The van der Waals surface area contributed by atoms with E-state index in [2.05, 4.69) is 35.1 Å². The van der Waals surface area contributed by atoms with Gasteiger partial charge >= 0.3 is 0 Å². The van der Waals surface area contributed by atoms with Crippen molar-refractivity contribution < 1.29 is 13.2 Å². The predicted octanol–water partition coefficient (Wildman–Crippen LogP) is 5.00. The number of nitrogens with zero attached hydrogens (tertiary/aromatic N) is 7. The zero-order valence-corrected chi connectivity index (χ0v) is 20.4. The summed E-state index contributed by atoms with van der Waals surface area (Å²) in [4.78, 5) is 26.8. The van der Waals surface area contributed by atoms with Crippen molar-refractivity contribution in [3.63, 3.8) is 0 Å². The summed E-state index contributed by atoms with van der Waals surface area (Å²) in [6.45, 7) is 0.303. The number of H-pyrrole nitrogens is 2. The molecule has 1 saturated heterocycles. The summed E-state index contributed by atoms with van der Waals surface area (Å²) >= 11 is 0. The van der Waals surface area contributed by atoms with Crippen molar-refractivity contribution in [1.82, 2.24) is 45.0 Å². The van der Waals surface area contributed by atoms with E-state index in [1.807, 2.05) is 12.1 Å². The van der Waals surface area contributed by atoms with Crippen LogP contribution >= 0.6 is 0 Å². The molecule has 0 spiro atoms. The summed E-state index contributed by atoms with van der Waals surface area (Å²) in [5.74, 6) is -2.87. The van der Waals surface area contributed by atoms with Gasteiger partial charge in [-0.2, -0.15) is 5.10 Å². The van der Waals surface area contributed by atoms with E-state index in [-0.39, 0.29) is 35.3 Å². The molecule has 9 nitrogen and oxygen atoms in total. The number of hydrogen-bond acceptors (Lipinski definition) is 7. The molecule has 0 aromatic carbocycles. The third kappa shape index (κ3) is 4.18. The summed E-state index contributed by atoms with van der Waals surface area (Å²) in [7, 11) is 0. The van der Waals surface area contributed by atoms with Crippen LogP contribution in [0, 0.1) is 5.82 Å². The van der Waals surface area contributed by atoms with Crippen LogP contribution in [0.1, 0.15) is 12.0 Å². The van der Waals surface area contributed by atoms with E-state index in [0.29, 0.717) is 46.8 Å². The summed E-state index contributed by atoms with van der Waals surface area (Å²) < 4.78 is 43.3. The largest absolute Gasteiger partial charge is 0.336 e. The molecule has 6 aromatic heterocycles. The van der Waals surface area contributed by atoms with Gasteiger partial charge in [-0.05, 0) is 29.8 Å². The number of aromatic nitrogens is 8. The summed E-state index contributed by atoms with van der Waals surface area (Å²) in [5.41, 5.74) is 4.72. The summed E-state index contributed by atoms with van der Waals surface area (Å²) in [5, 5.41) is 7.27. The quantitative estimate of drug-likeness (QED) is 0.325. The number of aromatic amines is 2. The molecule has 0 bridgehead atoms. The van der Waals surface area contributed by atoms with E-state index in [4.69, 9.17) is 4.98 Å². The Labute approximate surface area is 219 Å². The maximum Gasteiger partial charge on any atom is 0.261 e. The SMILES string of the molecule is Fc1c(-c2cncc(CN3CCC(F)(F)C3)c2)cnc2[nH]nc(-c3nc4c(-c5cccnc5)nccc4[nH]3)c12. The van der Waals surface area contributed by atoms with Crippen molar-refractivity contribution in [2.75, 3.05) is 13.1 Å². The molecule has 2 N–H and O–H groups in total. The van der Waals surface area contributed by atoms with Crippen LogP contribution in [0.2, 0.25) is 0 Å². The lowest BCUT2D eigenvalue weighted by atomic mass is 10.0. The lowest BCUT2D eigenvalue weighted by molar-refractivity contribution is 0.0115. The molecule has 6 aromatic rings. The van der Waals surface area contributed by atoms with Crippen LogP contribution in [0.4, 0.5) is 13.2 Å². The van der Waals surface area contributed by atoms with Gasteiger partial charge in [-0.15, -0.1) is 0 Å². The van der Waals surface area contributed by atoms with Gasteiger partial charge in [0.2, 0.25) is 0 Å². The molecule has 7 rings (SSSR count). The molecular weight excluding hydrogens is 507 g/mol. The lowest BCUT2D eigenvalue weighted by Gasteiger charge is -2.15. The molecule has 0 atom stereocenters. The molecule has 7 heterocycles. The van der Waals surface area contributed by atoms with E-state index >= 15 is 4.39 Å². The first-order chi connectivity index (χ1) is 18.9.